The normalized spacial score (nSPS) is 20.4. The summed E-state index contributed by atoms with van der Waals surface area (Å²) in [6, 6.07) is 12.2. The summed E-state index contributed by atoms with van der Waals surface area (Å²) >= 11 is 1.32. The van der Waals surface area contributed by atoms with Crippen molar-refractivity contribution in [1.29, 1.82) is 0 Å². The lowest BCUT2D eigenvalue weighted by molar-refractivity contribution is -0.128. The molecule has 1 aliphatic heterocycles. The molecule has 5 nitrogen and oxygen atoms in total. The van der Waals surface area contributed by atoms with Crippen molar-refractivity contribution in [2.24, 2.45) is 4.99 Å². The van der Waals surface area contributed by atoms with Gasteiger partial charge in [0.15, 0.2) is 5.17 Å². The first-order valence-electron chi connectivity index (χ1n) is 9.62. The first-order valence-corrected chi connectivity index (χ1v) is 10.5. The van der Waals surface area contributed by atoms with Crippen molar-refractivity contribution in [2.75, 3.05) is 5.32 Å². The molecule has 4 rings (SSSR count). The number of anilines is 1. The number of amides is 2. The Bertz CT molecular complexity index is 983. The summed E-state index contributed by atoms with van der Waals surface area (Å²) in [5, 5.41) is 2.65. The quantitative estimate of drug-likeness (QED) is 0.784. The molecule has 1 saturated heterocycles. The number of hydrogen-bond donors (Lipinski definition) is 1. The summed E-state index contributed by atoms with van der Waals surface area (Å²) in [5.74, 6) is -0.975. The largest absolute Gasteiger partial charge is 0.324 e. The number of nitrogens with one attached hydrogen (secondary N) is 1. The van der Waals surface area contributed by atoms with E-state index in [-0.39, 0.29) is 30.0 Å². The fourth-order valence-electron chi connectivity index (χ4n) is 3.42. The average Bonchev–Trinajstić information content (AvgIpc) is 3.42. The van der Waals surface area contributed by atoms with Crippen LogP contribution in [0.15, 0.2) is 47.5 Å². The molecule has 0 aromatic heterocycles. The van der Waals surface area contributed by atoms with E-state index in [9.17, 15) is 14.0 Å². The summed E-state index contributed by atoms with van der Waals surface area (Å²) in [4.78, 5) is 31.8. The summed E-state index contributed by atoms with van der Waals surface area (Å²) in [6.07, 6.45) is 1.88. The molecule has 150 valence electrons. The minimum atomic E-state index is -0.549. The minimum Gasteiger partial charge on any atom is -0.324 e. The molecule has 2 aliphatic rings. The van der Waals surface area contributed by atoms with Gasteiger partial charge in [-0.2, -0.15) is 0 Å². The maximum Gasteiger partial charge on any atom is 0.242 e. The molecule has 2 aromatic rings. The van der Waals surface area contributed by atoms with E-state index in [0.717, 1.165) is 29.7 Å². The Morgan fingerprint density at radius 1 is 1.21 bits per heavy atom. The first-order chi connectivity index (χ1) is 13.9. The molecule has 1 N–H and O–H groups in total. The van der Waals surface area contributed by atoms with Gasteiger partial charge in [0.25, 0.3) is 0 Å². The summed E-state index contributed by atoms with van der Waals surface area (Å²) in [6.45, 7) is 4.02. The van der Waals surface area contributed by atoms with Gasteiger partial charge >= 0.3 is 0 Å². The van der Waals surface area contributed by atoms with E-state index >= 15 is 0 Å². The zero-order valence-electron chi connectivity index (χ0n) is 16.3. The zero-order chi connectivity index (χ0) is 20.5. The molecule has 1 atom stereocenters. The van der Waals surface area contributed by atoms with E-state index in [4.69, 9.17) is 4.99 Å². The Kier molecular flexibility index (Phi) is 5.41. The SMILES string of the molecule is Cc1cc(C)cc(N=C2S[C@H](CC(=O)Nc3ccccc3F)C(=O)N2C2CC2)c1. The van der Waals surface area contributed by atoms with E-state index < -0.39 is 11.1 Å². The van der Waals surface area contributed by atoms with Crippen LogP contribution < -0.4 is 5.32 Å². The summed E-state index contributed by atoms with van der Waals surface area (Å²) in [5.41, 5.74) is 3.14. The van der Waals surface area contributed by atoms with Crippen LogP contribution in [0.1, 0.15) is 30.4 Å². The highest BCUT2D eigenvalue weighted by Gasteiger charge is 2.46. The second kappa shape index (κ2) is 7.99. The van der Waals surface area contributed by atoms with Crippen LogP contribution >= 0.6 is 11.8 Å². The number of carbonyl (C=O) groups is 2. The molecular formula is C22H22FN3O2S. The van der Waals surface area contributed by atoms with Gasteiger partial charge in [-0.05, 0) is 62.1 Å². The number of halogens is 1. The molecule has 2 fully saturated rings. The van der Waals surface area contributed by atoms with Gasteiger partial charge < -0.3 is 5.32 Å². The molecule has 1 aliphatic carbocycles. The Morgan fingerprint density at radius 2 is 1.90 bits per heavy atom. The second-order valence-corrected chi connectivity index (χ2v) is 8.69. The van der Waals surface area contributed by atoms with Crippen LogP contribution in [0.25, 0.3) is 0 Å². The van der Waals surface area contributed by atoms with Crippen molar-refractivity contribution in [2.45, 2.75) is 44.4 Å². The van der Waals surface area contributed by atoms with Gasteiger partial charge in [0.05, 0.1) is 11.4 Å². The zero-order valence-corrected chi connectivity index (χ0v) is 17.1. The number of para-hydroxylation sites is 1. The van der Waals surface area contributed by atoms with Crippen molar-refractivity contribution in [3.8, 4) is 0 Å². The molecule has 0 spiro atoms. The third-order valence-corrected chi connectivity index (χ3v) is 5.98. The highest BCUT2D eigenvalue weighted by molar-refractivity contribution is 8.15. The maximum atomic E-state index is 13.8. The molecule has 7 heteroatoms. The lowest BCUT2D eigenvalue weighted by Gasteiger charge is -2.15. The Morgan fingerprint density at radius 3 is 2.55 bits per heavy atom. The molecule has 2 aromatic carbocycles. The van der Waals surface area contributed by atoms with E-state index in [1.54, 1.807) is 17.0 Å². The standard InChI is InChI=1S/C22H22FN3O2S/c1-13-9-14(2)11-15(10-13)24-22-26(16-7-8-16)21(28)19(29-22)12-20(27)25-18-6-4-3-5-17(18)23/h3-6,9-11,16,19H,7-8,12H2,1-2H3,(H,25,27)/t19-/m1/s1. The lowest BCUT2D eigenvalue weighted by atomic mass is 10.1. The van der Waals surface area contributed by atoms with Gasteiger partial charge in [0.1, 0.15) is 11.1 Å². The molecule has 0 bridgehead atoms. The van der Waals surface area contributed by atoms with Crippen LogP contribution in [0.4, 0.5) is 15.8 Å². The van der Waals surface area contributed by atoms with Crippen LogP contribution in [-0.2, 0) is 9.59 Å². The number of thioether (sulfide) groups is 1. The number of nitrogens with zero attached hydrogens (tertiary/aromatic N) is 2. The van der Waals surface area contributed by atoms with Gasteiger partial charge in [0.2, 0.25) is 11.8 Å². The predicted octanol–water partition coefficient (Wildman–Crippen LogP) is 4.57. The average molecular weight is 412 g/mol. The fourth-order valence-corrected chi connectivity index (χ4v) is 4.63. The van der Waals surface area contributed by atoms with Crippen molar-refractivity contribution < 1.29 is 14.0 Å². The van der Waals surface area contributed by atoms with Crippen LogP contribution in [-0.4, -0.2) is 33.2 Å². The van der Waals surface area contributed by atoms with Crippen molar-refractivity contribution in [3.63, 3.8) is 0 Å². The molecule has 1 saturated carbocycles. The van der Waals surface area contributed by atoms with E-state index in [1.807, 2.05) is 26.0 Å². The van der Waals surface area contributed by atoms with Gasteiger partial charge in [-0.15, -0.1) is 0 Å². The number of aliphatic imine (C=N–C) groups is 1. The Labute approximate surface area is 173 Å². The number of carbonyl (C=O) groups excluding carboxylic acids is 2. The van der Waals surface area contributed by atoms with Gasteiger partial charge in [-0.3, -0.25) is 14.5 Å². The Balaban J connectivity index is 1.52. The van der Waals surface area contributed by atoms with Crippen LogP contribution in [0, 0.1) is 19.7 Å². The monoisotopic (exact) mass is 411 g/mol. The third kappa shape index (κ3) is 4.50. The number of aryl methyl sites for hydroxylation is 2. The number of benzene rings is 2. The Hall–Kier alpha value is -2.67. The summed E-state index contributed by atoms with van der Waals surface area (Å²) in [7, 11) is 0. The fraction of sp³-hybridized carbons (Fsp3) is 0.318. The lowest BCUT2D eigenvalue weighted by Crippen LogP contribution is -2.35. The van der Waals surface area contributed by atoms with Crippen molar-refractivity contribution >= 4 is 40.1 Å². The molecule has 1 heterocycles. The van der Waals surface area contributed by atoms with E-state index in [0.29, 0.717) is 5.17 Å². The van der Waals surface area contributed by atoms with Gasteiger partial charge in [-0.25, -0.2) is 9.38 Å². The van der Waals surface area contributed by atoms with Crippen molar-refractivity contribution in [1.82, 2.24) is 4.90 Å². The first kappa shape index (κ1) is 19.6. The van der Waals surface area contributed by atoms with Gasteiger partial charge in [-0.1, -0.05) is 30.0 Å². The maximum absolute atomic E-state index is 13.8. The number of amidine groups is 1. The van der Waals surface area contributed by atoms with E-state index in [2.05, 4.69) is 11.4 Å². The van der Waals surface area contributed by atoms with Crippen LogP contribution in [0.5, 0.6) is 0 Å². The number of rotatable bonds is 5. The van der Waals surface area contributed by atoms with Gasteiger partial charge in [0, 0.05) is 12.5 Å². The topological polar surface area (TPSA) is 61.8 Å². The predicted molar refractivity (Wildman–Crippen MR) is 114 cm³/mol. The molecule has 29 heavy (non-hydrogen) atoms. The van der Waals surface area contributed by atoms with E-state index in [1.165, 1.54) is 23.9 Å². The highest BCUT2D eigenvalue weighted by Crippen LogP contribution is 2.39. The number of hydrogen-bond acceptors (Lipinski definition) is 4. The summed E-state index contributed by atoms with van der Waals surface area (Å²) < 4.78 is 13.8. The molecular weight excluding hydrogens is 389 g/mol. The van der Waals surface area contributed by atoms with Crippen molar-refractivity contribution in [3.05, 3.63) is 59.4 Å². The second-order valence-electron chi connectivity index (χ2n) is 7.52. The third-order valence-electron chi connectivity index (χ3n) is 4.83. The minimum absolute atomic E-state index is 0.0209. The molecule has 0 unspecified atom stereocenters. The smallest absolute Gasteiger partial charge is 0.242 e. The highest BCUT2D eigenvalue weighted by atomic mass is 32.2. The van der Waals surface area contributed by atoms with Crippen LogP contribution in [0.3, 0.4) is 0 Å². The van der Waals surface area contributed by atoms with Crippen LogP contribution in [0.2, 0.25) is 0 Å². The molecule has 0 radical (unpaired) electrons. The molecule has 2 amide bonds.